The monoisotopic (exact) mass is 275 g/mol. The predicted molar refractivity (Wildman–Crippen MR) is 71.8 cm³/mol. The minimum Gasteiger partial charge on any atom is -0.383 e. The molecule has 0 saturated carbocycles. The molecule has 1 N–H and O–H groups in total. The minimum absolute atomic E-state index is 0.0948. The Hall–Kier alpha value is -1.08. The summed E-state index contributed by atoms with van der Waals surface area (Å²) < 4.78 is 29.2. The third kappa shape index (κ3) is 4.66. The Bertz CT molecular complexity index is 482. The van der Waals surface area contributed by atoms with Crippen LogP contribution >= 0.6 is 0 Å². The van der Waals surface area contributed by atoms with Crippen LogP contribution in [0.15, 0.2) is 6.20 Å². The summed E-state index contributed by atoms with van der Waals surface area (Å²) in [6, 6.07) is 0.150. The van der Waals surface area contributed by atoms with Crippen LogP contribution in [0.5, 0.6) is 0 Å². The first-order valence-electron chi connectivity index (χ1n) is 5.79. The molecule has 104 valence electrons. The highest BCUT2D eigenvalue weighted by Gasteiger charge is 2.12. The molecule has 0 aromatic carbocycles. The first kappa shape index (κ1) is 15.0. The molecule has 0 fully saturated rings. The van der Waals surface area contributed by atoms with Crippen LogP contribution in [0.25, 0.3) is 0 Å². The molecule has 0 aliphatic rings. The first-order chi connectivity index (χ1) is 8.33. The maximum atomic E-state index is 11.1. The van der Waals surface area contributed by atoms with Crippen molar-refractivity contribution in [1.29, 1.82) is 0 Å². The van der Waals surface area contributed by atoms with Crippen LogP contribution in [0.4, 0.5) is 5.95 Å². The van der Waals surface area contributed by atoms with E-state index in [0.717, 1.165) is 5.69 Å². The standard InChI is InChI=1S/C11H21N3O3S/c1-9-7-14(10(2)8-17-3)11(13-9)12-5-6-18(4,15)16/h7,10H,5-6,8H2,1-4H3,(H,12,13). The Kier molecular flexibility index (Phi) is 5.15. The van der Waals surface area contributed by atoms with E-state index in [4.69, 9.17) is 4.74 Å². The SMILES string of the molecule is COCC(C)n1cc(C)nc1NCCS(C)(=O)=O. The quantitative estimate of drug-likeness (QED) is 0.799. The fourth-order valence-electron chi connectivity index (χ4n) is 1.65. The molecule has 0 radical (unpaired) electrons. The van der Waals surface area contributed by atoms with Crippen LogP contribution in [-0.2, 0) is 14.6 Å². The zero-order valence-electron chi connectivity index (χ0n) is 11.3. The molecule has 0 aliphatic heterocycles. The Morgan fingerprint density at radius 1 is 1.56 bits per heavy atom. The van der Waals surface area contributed by atoms with Gasteiger partial charge in [-0.1, -0.05) is 0 Å². The van der Waals surface area contributed by atoms with Gasteiger partial charge in [-0.2, -0.15) is 0 Å². The second-order valence-electron chi connectivity index (χ2n) is 4.47. The number of aryl methyl sites for hydroxylation is 1. The summed E-state index contributed by atoms with van der Waals surface area (Å²) in [5, 5.41) is 3.05. The maximum Gasteiger partial charge on any atom is 0.203 e. The van der Waals surface area contributed by atoms with Crippen molar-refractivity contribution in [3.05, 3.63) is 11.9 Å². The summed E-state index contributed by atoms with van der Waals surface area (Å²) >= 11 is 0. The number of ether oxygens (including phenoxy) is 1. The average Bonchev–Trinajstić information content (AvgIpc) is 2.58. The van der Waals surface area contributed by atoms with E-state index < -0.39 is 9.84 Å². The van der Waals surface area contributed by atoms with Gasteiger partial charge in [-0.25, -0.2) is 13.4 Å². The summed E-state index contributed by atoms with van der Waals surface area (Å²) in [6.45, 7) is 4.86. The molecule has 1 heterocycles. The Morgan fingerprint density at radius 3 is 2.78 bits per heavy atom. The number of hydrogen-bond donors (Lipinski definition) is 1. The van der Waals surface area contributed by atoms with Crippen LogP contribution < -0.4 is 5.32 Å². The van der Waals surface area contributed by atoms with Gasteiger partial charge in [0.15, 0.2) is 0 Å². The highest BCUT2D eigenvalue weighted by atomic mass is 32.2. The molecule has 1 aromatic heterocycles. The largest absolute Gasteiger partial charge is 0.383 e. The van der Waals surface area contributed by atoms with Gasteiger partial charge in [0.25, 0.3) is 0 Å². The van der Waals surface area contributed by atoms with E-state index >= 15 is 0 Å². The van der Waals surface area contributed by atoms with Crippen LogP contribution in [0, 0.1) is 6.92 Å². The molecular formula is C11H21N3O3S. The van der Waals surface area contributed by atoms with Crippen molar-refractivity contribution in [2.75, 3.05) is 37.6 Å². The number of nitrogens with zero attached hydrogens (tertiary/aromatic N) is 2. The van der Waals surface area contributed by atoms with Gasteiger partial charge in [0.05, 0.1) is 24.1 Å². The third-order valence-electron chi connectivity index (χ3n) is 2.49. The van der Waals surface area contributed by atoms with Crippen molar-refractivity contribution in [3.8, 4) is 0 Å². The van der Waals surface area contributed by atoms with Gasteiger partial charge >= 0.3 is 0 Å². The van der Waals surface area contributed by atoms with Crippen molar-refractivity contribution < 1.29 is 13.2 Å². The van der Waals surface area contributed by atoms with E-state index in [9.17, 15) is 8.42 Å². The van der Waals surface area contributed by atoms with Gasteiger partial charge in [0, 0.05) is 26.1 Å². The van der Waals surface area contributed by atoms with Crippen molar-refractivity contribution in [1.82, 2.24) is 9.55 Å². The van der Waals surface area contributed by atoms with Gasteiger partial charge in [-0.15, -0.1) is 0 Å². The molecule has 7 heteroatoms. The molecule has 0 aliphatic carbocycles. The minimum atomic E-state index is -2.96. The second-order valence-corrected chi connectivity index (χ2v) is 6.73. The van der Waals surface area contributed by atoms with E-state index in [1.165, 1.54) is 6.26 Å². The molecule has 1 aromatic rings. The van der Waals surface area contributed by atoms with Crippen LogP contribution in [0.1, 0.15) is 18.7 Å². The highest BCUT2D eigenvalue weighted by Crippen LogP contribution is 2.15. The molecule has 18 heavy (non-hydrogen) atoms. The molecule has 1 atom stereocenters. The van der Waals surface area contributed by atoms with E-state index in [-0.39, 0.29) is 11.8 Å². The van der Waals surface area contributed by atoms with Crippen molar-refractivity contribution in [2.45, 2.75) is 19.9 Å². The average molecular weight is 275 g/mol. The first-order valence-corrected chi connectivity index (χ1v) is 7.85. The number of anilines is 1. The third-order valence-corrected chi connectivity index (χ3v) is 3.44. The fourth-order valence-corrected chi connectivity index (χ4v) is 2.13. The smallest absolute Gasteiger partial charge is 0.203 e. The number of imidazole rings is 1. The lowest BCUT2D eigenvalue weighted by Crippen LogP contribution is -2.19. The molecule has 1 rings (SSSR count). The summed E-state index contributed by atoms with van der Waals surface area (Å²) in [5.41, 5.74) is 0.889. The number of nitrogens with one attached hydrogen (secondary N) is 1. The highest BCUT2D eigenvalue weighted by molar-refractivity contribution is 7.90. The molecule has 1 unspecified atom stereocenters. The normalized spacial score (nSPS) is 13.6. The number of aromatic nitrogens is 2. The Balaban J connectivity index is 2.70. The lowest BCUT2D eigenvalue weighted by atomic mass is 10.3. The van der Waals surface area contributed by atoms with Crippen molar-refractivity contribution >= 4 is 15.8 Å². The van der Waals surface area contributed by atoms with Gasteiger partial charge < -0.3 is 14.6 Å². The van der Waals surface area contributed by atoms with E-state index in [1.807, 2.05) is 24.6 Å². The van der Waals surface area contributed by atoms with Crippen molar-refractivity contribution in [3.63, 3.8) is 0 Å². The topological polar surface area (TPSA) is 73.2 Å². The van der Waals surface area contributed by atoms with Crippen molar-refractivity contribution in [2.24, 2.45) is 0 Å². The zero-order valence-corrected chi connectivity index (χ0v) is 12.1. The summed E-state index contributed by atoms with van der Waals surface area (Å²) in [5.74, 6) is 0.776. The number of rotatable bonds is 7. The van der Waals surface area contributed by atoms with Gasteiger partial charge in [0.1, 0.15) is 9.84 Å². The number of methoxy groups -OCH3 is 1. The van der Waals surface area contributed by atoms with Gasteiger partial charge in [-0.05, 0) is 13.8 Å². The number of sulfone groups is 1. The molecule has 0 saturated heterocycles. The van der Waals surface area contributed by atoms with Crippen LogP contribution in [0.3, 0.4) is 0 Å². The molecule has 6 nitrogen and oxygen atoms in total. The molecule has 0 spiro atoms. The summed E-state index contributed by atoms with van der Waals surface area (Å²) in [4.78, 5) is 4.34. The molecular weight excluding hydrogens is 254 g/mol. The van der Waals surface area contributed by atoms with Gasteiger partial charge in [0.2, 0.25) is 5.95 Å². The second kappa shape index (κ2) is 6.19. The van der Waals surface area contributed by atoms with Gasteiger partial charge in [-0.3, -0.25) is 0 Å². The van der Waals surface area contributed by atoms with Crippen LogP contribution in [0.2, 0.25) is 0 Å². The van der Waals surface area contributed by atoms with Crippen LogP contribution in [-0.4, -0.2) is 50.2 Å². The maximum absolute atomic E-state index is 11.1. The van der Waals surface area contributed by atoms with E-state index in [1.54, 1.807) is 7.11 Å². The lowest BCUT2D eigenvalue weighted by molar-refractivity contribution is 0.163. The Morgan fingerprint density at radius 2 is 2.22 bits per heavy atom. The predicted octanol–water partition coefficient (Wildman–Crippen LogP) is 0.855. The zero-order chi connectivity index (χ0) is 13.8. The summed E-state index contributed by atoms with van der Waals surface area (Å²) in [6.07, 6.45) is 3.15. The lowest BCUT2D eigenvalue weighted by Gasteiger charge is -2.15. The Labute approximate surface area is 108 Å². The fraction of sp³-hybridized carbons (Fsp3) is 0.727. The molecule has 0 bridgehead atoms. The van der Waals surface area contributed by atoms with E-state index in [0.29, 0.717) is 19.1 Å². The summed E-state index contributed by atoms with van der Waals surface area (Å²) in [7, 11) is -1.31. The van der Waals surface area contributed by atoms with E-state index in [2.05, 4.69) is 10.3 Å². The number of hydrogen-bond acceptors (Lipinski definition) is 5. The molecule has 0 amide bonds.